The van der Waals surface area contributed by atoms with Crippen molar-refractivity contribution in [1.82, 2.24) is 4.90 Å². The van der Waals surface area contributed by atoms with Crippen LogP contribution in [0.3, 0.4) is 0 Å². The lowest BCUT2D eigenvalue weighted by atomic mass is 10.2. The molecule has 0 radical (unpaired) electrons. The Balaban J connectivity index is 3.26. The fourth-order valence-corrected chi connectivity index (χ4v) is 1.27. The number of aliphatic hydroxyl groups is 1. The molecule has 0 saturated carbocycles. The molecule has 0 rings (SSSR count). The number of Topliss-reactive ketones (excluding diaryl/α,β-unsaturated/α-hetero) is 1. The first kappa shape index (κ1) is 13.6. The van der Waals surface area contributed by atoms with Gasteiger partial charge in [-0.05, 0) is 46.7 Å². The molecule has 0 amide bonds. The number of ketones is 1. The molecule has 0 heterocycles. The van der Waals surface area contributed by atoms with Crippen molar-refractivity contribution in [2.75, 3.05) is 20.1 Å². The van der Waals surface area contributed by atoms with Crippen molar-refractivity contribution in [3.63, 3.8) is 0 Å². The van der Waals surface area contributed by atoms with Gasteiger partial charge in [-0.15, -0.1) is 0 Å². The molecule has 1 atom stereocenters. The van der Waals surface area contributed by atoms with Gasteiger partial charge in [0.15, 0.2) is 0 Å². The van der Waals surface area contributed by atoms with E-state index in [0.29, 0.717) is 6.42 Å². The summed E-state index contributed by atoms with van der Waals surface area (Å²) < 4.78 is 0. The maximum Gasteiger partial charge on any atom is 0.129 e. The smallest absolute Gasteiger partial charge is 0.129 e. The summed E-state index contributed by atoms with van der Waals surface area (Å²) in [6, 6.07) is 0. The van der Waals surface area contributed by atoms with E-state index < -0.39 is 0 Å². The van der Waals surface area contributed by atoms with E-state index in [1.54, 1.807) is 6.92 Å². The maximum atomic E-state index is 10.7. The number of rotatable bonds is 8. The first-order valence-corrected chi connectivity index (χ1v) is 5.38. The van der Waals surface area contributed by atoms with E-state index in [4.69, 9.17) is 5.11 Å². The lowest BCUT2D eigenvalue weighted by molar-refractivity contribution is -0.117. The van der Waals surface area contributed by atoms with Crippen LogP contribution in [0.1, 0.15) is 39.5 Å². The molecule has 0 aliphatic carbocycles. The second-order valence-electron chi connectivity index (χ2n) is 4.10. The third-order valence-corrected chi connectivity index (χ3v) is 2.25. The van der Waals surface area contributed by atoms with Crippen molar-refractivity contribution in [2.45, 2.75) is 45.6 Å². The quantitative estimate of drug-likeness (QED) is 0.604. The predicted molar refractivity (Wildman–Crippen MR) is 58.3 cm³/mol. The number of hydrogen-bond acceptors (Lipinski definition) is 3. The molecule has 0 aromatic carbocycles. The van der Waals surface area contributed by atoms with Gasteiger partial charge in [0.05, 0.1) is 6.10 Å². The molecular formula is C11H23NO2. The van der Waals surface area contributed by atoms with Crippen molar-refractivity contribution in [3.8, 4) is 0 Å². The van der Waals surface area contributed by atoms with Gasteiger partial charge < -0.3 is 14.8 Å². The molecule has 3 heteroatoms. The summed E-state index contributed by atoms with van der Waals surface area (Å²) in [4.78, 5) is 12.9. The highest BCUT2D eigenvalue weighted by molar-refractivity contribution is 5.75. The van der Waals surface area contributed by atoms with Crippen LogP contribution in [0.2, 0.25) is 0 Å². The first-order chi connectivity index (χ1) is 6.52. The Morgan fingerprint density at radius 2 is 2.00 bits per heavy atom. The van der Waals surface area contributed by atoms with Crippen LogP contribution in [-0.2, 0) is 4.79 Å². The summed E-state index contributed by atoms with van der Waals surface area (Å²) in [6.07, 6.45) is 3.35. The SMILES string of the molecule is CC(=O)CCCCN(C)CCC(C)O. The first-order valence-electron chi connectivity index (χ1n) is 5.38. The van der Waals surface area contributed by atoms with Crippen LogP contribution in [0.25, 0.3) is 0 Å². The van der Waals surface area contributed by atoms with Gasteiger partial charge in [0, 0.05) is 13.0 Å². The van der Waals surface area contributed by atoms with Crippen LogP contribution >= 0.6 is 0 Å². The van der Waals surface area contributed by atoms with Gasteiger partial charge in [0.1, 0.15) is 5.78 Å². The minimum Gasteiger partial charge on any atom is -0.393 e. The highest BCUT2D eigenvalue weighted by atomic mass is 16.3. The second kappa shape index (κ2) is 7.94. The van der Waals surface area contributed by atoms with E-state index in [9.17, 15) is 4.79 Å². The zero-order valence-corrected chi connectivity index (χ0v) is 9.62. The fraction of sp³-hybridized carbons (Fsp3) is 0.909. The number of carbonyl (C=O) groups is 1. The molecule has 84 valence electrons. The van der Waals surface area contributed by atoms with Crippen molar-refractivity contribution in [2.24, 2.45) is 0 Å². The predicted octanol–water partition coefficient (Wildman–Crippen LogP) is 1.45. The monoisotopic (exact) mass is 201 g/mol. The minimum absolute atomic E-state index is 0.213. The molecule has 0 aliphatic heterocycles. The summed E-state index contributed by atoms with van der Waals surface area (Å²) >= 11 is 0. The highest BCUT2D eigenvalue weighted by Gasteiger charge is 2.01. The molecule has 0 aromatic heterocycles. The van der Waals surface area contributed by atoms with Gasteiger partial charge in [-0.25, -0.2) is 0 Å². The molecule has 0 saturated heterocycles. The standard InChI is InChI=1S/C11H23NO2/c1-10(13)6-4-5-8-12(3)9-7-11(2)14/h11,14H,4-9H2,1-3H3. The average Bonchev–Trinajstić information content (AvgIpc) is 2.08. The van der Waals surface area contributed by atoms with Crippen LogP contribution in [-0.4, -0.2) is 42.0 Å². The Hall–Kier alpha value is -0.410. The van der Waals surface area contributed by atoms with Crippen LogP contribution in [0, 0.1) is 0 Å². The average molecular weight is 201 g/mol. The van der Waals surface area contributed by atoms with E-state index in [-0.39, 0.29) is 11.9 Å². The van der Waals surface area contributed by atoms with E-state index >= 15 is 0 Å². The van der Waals surface area contributed by atoms with Gasteiger partial charge in [0.2, 0.25) is 0 Å². The van der Waals surface area contributed by atoms with Crippen molar-refractivity contribution in [3.05, 3.63) is 0 Å². The maximum absolute atomic E-state index is 10.7. The molecule has 0 aliphatic rings. The van der Waals surface area contributed by atoms with E-state index in [1.165, 1.54) is 0 Å². The third kappa shape index (κ3) is 9.68. The van der Waals surface area contributed by atoms with Crippen LogP contribution in [0.15, 0.2) is 0 Å². The molecular weight excluding hydrogens is 178 g/mol. The highest BCUT2D eigenvalue weighted by Crippen LogP contribution is 1.99. The molecule has 3 nitrogen and oxygen atoms in total. The number of hydrogen-bond donors (Lipinski definition) is 1. The molecule has 0 aromatic rings. The second-order valence-corrected chi connectivity index (χ2v) is 4.10. The lowest BCUT2D eigenvalue weighted by Crippen LogP contribution is -2.23. The molecule has 14 heavy (non-hydrogen) atoms. The Bertz CT molecular complexity index is 157. The molecule has 0 fully saturated rings. The Labute approximate surface area is 87.1 Å². The van der Waals surface area contributed by atoms with Gasteiger partial charge in [0.25, 0.3) is 0 Å². The number of aliphatic hydroxyl groups excluding tert-OH is 1. The number of carbonyl (C=O) groups excluding carboxylic acids is 1. The van der Waals surface area contributed by atoms with Crippen molar-refractivity contribution in [1.29, 1.82) is 0 Å². The van der Waals surface area contributed by atoms with Crippen LogP contribution in [0.5, 0.6) is 0 Å². The normalized spacial score (nSPS) is 13.2. The number of unbranched alkanes of at least 4 members (excludes halogenated alkanes) is 1. The fourth-order valence-electron chi connectivity index (χ4n) is 1.27. The largest absolute Gasteiger partial charge is 0.393 e. The van der Waals surface area contributed by atoms with Crippen LogP contribution < -0.4 is 0 Å². The molecule has 1 N–H and O–H groups in total. The Morgan fingerprint density at radius 1 is 1.36 bits per heavy atom. The van der Waals surface area contributed by atoms with Gasteiger partial charge >= 0.3 is 0 Å². The molecule has 0 spiro atoms. The summed E-state index contributed by atoms with van der Waals surface area (Å²) in [5.41, 5.74) is 0. The zero-order valence-electron chi connectivity index (χ0n) is 9.62. The summed E-state index contributed by atoms with van der Waals surface area (Å²) in [6.45, 7) is 5.39. The van der Waals surface area contributed by atoms with Crippen LogP contribution in [0.4, 0.5) is 0 Å². The van der Waals surface area contributed by atoms with E-state index in [2.05, 4.69) is 11.9 Å². The third-order valence-electron chi connectivity index (χ3n) is 2.25. The van der Waals surface area contributed by atoms with Gasteiger partial charge in [-0.2, -0.15) is 0 Å². The molecule has 1 unspecified atom stereocenters. The summed E-state index contributed by atoms with van der Waals surface area (Å²) in [5, 5.41) is 9.07. The lowest BCUT2D eigenvalue weighted by Gasteiger charge is -2.16. The van der Waals surface area contributed by atoms with E-state index in [0.717, 1.165) is 32.4 Å². The van der Waals surface area contributed by atoms with E-state index in [1.807, 2.05) is 6.92 Å². The zero-order chi connectivity index (χ0) is 11.0. The van der Waals surface area contributed by atoms with Gasteiger partial charge in [-0.1, -0.05) is 0 Å². The van der Waals surface area contributed by atoms with Crippen molar-refractivity contribution >= 4 is 5.78 Å². The Morgan fingerprint density at radius 3 is 2.50 bits per heavy atom. The number of nitrogens with zero attached hydrogens (tertiary/aromatic N) is 1. The minimum atomic E-state index is -0.213. The molecule has 0 bridgehead atoms. The van der Waals surface area contributed by atoms with Crippen molar-refractivity contribution < 1.29 is 9.90 Å². The summed E-state index contributed by atoms with van der Waals surface area (Å²) in [7, 11) is 2.05. The van der Waals surface area contributed by atoms with Gasteiger partial charge in [-0.3, -0.25) is 0 Å². The summed E-state index contributed by atoms with van der Waals surface area (Å²) in [5.74, 6) is 0.275. The Kier molecular flexibility index (Phi) is 7.71. The topological polar surface area (TPSA) is 40.5 Å².